The Balaban J connectivity index is 2.76. The summed E-state index contributed by atoms with van der Waals surface area (Å²) in [6.45, 7) is 0. The third kappa shape index (κ3) is 1.39. The highest BCUT2D eigenvalue weighted by atomic mass is 16.5. The number of rotatable bonds is 1. The number of benzene rings is 1. The zero-order chi connectivity index (χ0) is 9.26. The molecule has 1 aromatic heterocycles. The molecule has 2 N–H and O–H groups in total. The summed E-state index contributed by atoms with van der Waals surface area (Å²) >= 11 is 0. The lowest BCUT2D eigenvalue weighted by molar-refractivity contribution is -0.0445. The van der Waals surface area contributed by atoms with Gasteiger partial charge in [0.1, 0.15) is 5.69 Å². The van der Waals surface area contributed by atoms with E-state index in [0.29, 0.717) is 5.69 Å². The predicted octanol–water partition coefficient (Wildman–Crippen LogP) is 1.22. The highest BCUT2D eigenvalue weighted by Gasteiger charge is 2.07. The van der Waals surface area contributed by atoms with Crippen molar-refractivity contribution in [1.82, 2.24) is 4.98 Å². The highest BCUT2D eigenvalue weighted by Crippen LogP contribution is 2.19. The molecule has 0 unspecified atom stereocenters. The molecule has 0 spiro atoms. The molecule has 0 saturated heterocycles. The van der Waals surface area contributed by atoms with Crippen LogP contribution in [0, 0.1) is 0 Å². The Morgan fingerprint density at radius 3 is 2.62 bits per heavy atom. The average Bonchev–Trinajstić information content (AvgIpc) is 2.17. The molecule has 0 atom stereocenters. The fourth-order valence-corrected chi connectivity index (χ4v) is 1.35. The Kier molecular flexibility index (Phi) is 1.96. The molecule has 2 aromatic rings. The minimum atomic E-state index is -1.51. The number of hydrogen-bond acceptors (Lipinski definition) is 3. The van der Waals surface area contributed by atoms with E-state index in [4.69, 9.17) is 10.2 Å². The third-order valence-corrected chi connectivity index (χ3v) is 1.95. The molecule has 13 heavy (non-hydrogen) atoms. The van der Waals surface area contributed by atoms with Gasteiger partial charge in [0.25, 0.3) is 0 Å². The first-order chi connectivity index (χ1) is 6.29. The Morgan fingerprint density at radius 2 is 1.85 bits per heavy atom. The van der Waals surface area contributed by atoms with Crippen molar-refractivity contribution < 1.29 is 10.2 Å². The molecule has 0 radical (unpaired) electrons. The van der Waals surface area contributed by atoms with E-state index < -0.39 is 6.29 Å². The Morgan fingerprint density at radius 1 is 1.08 bits per heavy atom. The second-order valence-electron chi connectivity index (χ2n) is 2.79. The first-order valence-corrected chi connectivity index (χ1v) is 3.99. The Bertz CT molecular complexity index is 421. The van der Waals surface area contributed by atoms with Crippen molar-refractivity contribution >= 4 is 10.8 Å². The van der Waals surface area contributed by atoms with Crippen LogP contribution in [-0.2, 0) is 0 Å². The molecule has 2 rings (SSSR count). The molecule has 0 saturated carbocycles. The maximum Gasteiger partial charge on any atom is 0.196 e. The van der Waals surface area contributed by atoms with Crippen molar-refractivity contribution in [3.05, 3.63) is 42.2 Å². The van der Waals surface area contributed by atoms with E-state index in [1.165, 1.54) is 0 Å². The van der Waals surface area contributed by atoms with Crippen molar-refractivity contribution in [2.45, 2.75) is 6.29 Å². The van der Waals surface area contributed by atoms with Gasteiger partial charge < -0.3 is 10.2 Å². The van der Waals surface area contributed by atoms with Crippen molar-refractivity contribution in [2.75, 3.05) is 0 Å². The van der Waals surface area contributed by atoms with E-state index in [2.05, 4.69) is 4.98 Å². The summed E-state index contributed by atoms with van der Waals surface area (Å²) in [5, 5.41) is 19.8. The van der Waals surface area contributed by atoms with Crippen LogP contribution in [0.25, 0.3) is 10.8 Å². The number of pyridine rings is 1. The predicted molar refractivity (Wildman–Crippen MR) is 48.9 cm³/mol. The molecule has 3 heteroatoms. The number of hydrogen-bond donors (Lipinski definition) is 2. The lowest BCUT2D eigenvalue weighted by atomic mass is 10.1. The summed E-state index contributed by atoms with van der Waals surface area (Å²) in [4.78, 5) is 3.91. The molecular weight excluding hydrogens is 166 g/mol. The standard InChI is InChI=1S/C10H9NO2/c12-10(13)9-8-4-2-1-3-7(8)5-6-11-9/h1-6,10,12-13H. The number of fused-ring (bicyclic) bond motifs is 1. The van der Waals surface area contributed by atoms with Crippen LogP contribution in [0.15, 0.2) is 36.5 Å². The van der Waals surface area contributed by atoms with Crippen molar-refractivity contribution in [3.63, 3.8) is 0 Å². The lowest BCUT2D eigenvalue weighted by Gasteiger charge is -2.05. The normalized spacial score (nSPS) is 11.0. The molecule has 0 aliphatic heterocycles. The van der Waals surface area contributed by atoms with Crippen molar-refractivity contribution in [2.24, 2.45) is 0 Å². The topological polar surface area (TPSA) is 53.4 Å². The van der Waals surface area contributed by atoms with E-state index in [-0.39, 0.29) is 0 Å². The molecule has 0 aliphatic carbocycles. The summed E-state index contributed by atoms with van der Waals surface area (Å²) in [5.41, 5.74) is 0.304. The van der Waals surface area contributed by atoms with Gasteiger partial charge in [0.05, 0.1) is 0 Å². The second-order valence-corrected chi connectivity index (χ2v) is 2.79. The lowest BCUT2D eigenvalue weighted by Crippen LogP contribution is -1.98. The number of nitrogens with zero attached hydrogens (tertiary/aromatic N) is 1. The number of aromatic nitrogens is 1. The van der Waals surface area contributed by atoms with Gasteiger partial charge in [-0.05, 0) is 11.5 Å². The van der Waals surface area contributed by atoms with Crippen LogP contribution >= 0.6 is 0 Å². The first kappa shape index (κ1) is 8.16. The summed E-state index contributed by atoms with van der Waals surface area (Å²) in [7, 11) is 0. The van der Waals surface area contributed by atoms with Crippen LogP contribution in [0.1, 0.15) is 12.0 Å². The summed E-state index contributed by atoms with van der Waals surface area (Å²) in [5.74, 6) is 0. The molecule has 0 amide bonds. The molecule has 0 aliphatic rings. The maximum absolute atomic E-state index is 9.01. The average molecular weight is 175 g/mol. The van der Waals surface area contributed by atoms with Gasteiger partial charge in [-0.3, -0.25) is 4.98 Å². The highest BCUT2D eigenvalue weighted by molar-refractivity contribution is 5.84. The largest absolute Gasteiger partial charge is 0.363 e. The van der Waals surface area contributed by atoms with Gasteiger partial charge in [0.2, 0.25) is 0 Å². The summed E-state index contributed by atoms with van der Waals surface area (Å²) in [6.07, 6.45) is 0.0583. The molecule has 1 heterocycles. The molecule has 1 aromatic carbocycles. The fraction of sp³-hybridized carbons (Fsp3) is 0.100. The van der Waals surface area contributed by atoms with E-state index >= 15 is 0 Å². The second kappa shape index (κ2) is 3.12. The van der Waals surface area contributed by atoms with Gasteiger partial charge in [0, 0.05) is 11.6 Å². The Labute approximate surface area is 75.3 Å². The summed E-state index contributed by atoms with van der Waals surface area (Å²) < 4.78 is 0. The zero-order valence-electron chi connectivity index (χ0n) is 6.88. The maximum atomic E-state index is 9.01. The van der Waals surface area contributed by atoms with Crippen LogP contribution in [0.2, 0.25) is 0 Å². The monoisotopic (exact) mass is 175 g/mol. The third-order valence-electron chi connectivity index (χ3n) is 1.95. The molecule has 66 valence electrons. The van der Waals surface area contributed by atoms with Crippen molar-refractivity contribution in [1.29, 1.82) is 0 Å². The SMILES string of the molecule is OC(O)c1nccc2ccccc12. The minimum absolute atomic E-state index is 0.304. The van der Waals surface area contributed by atoms with Gasteiger partial charge in [-0.1, -0.05) is 24.3 Å². The van der Waals surface area contributed by atoms with Crippen LogP contribution < -0.4 is 0 Å². The van der Waals surface area contributed by atoms with Gasteiger partial charge >= 0.3 is 0 Å². The van der Waals surface area contributed by atoms with Gasteiger partial charge in [-0.25, -0.2) is 0 Å². The van der Waals surface area contributed by atoms with Crippen LogP contribution in [0.4, 0.5) is 0 Å². The van der Waals surface area contributed by atoms with Crippen molar-refractivity contribution in [3.8, 4) is 0 Å². The van der Waals surface area contributed by atoms with E-state index in [0.717, 1.165) is 10.8 Å². The quantitative estimate of drug-likeness (QED) is 0.641. The van der Waals surface area contributed by atoms with E-state index in [9.17, 15) is 0 Å². The Hall–Kier alpha value is -1.45. The minimum Gasteiger partial charge on any atom is -0.363 e. The fourth-order valence-electron chi connectivity index (χ4n) is 1.35. The first-order valence-electron chi connectivity index (χ1n) is 3.99. The summed E-state index contributed by atoms with van der Waals surface area (Å²) in [6, 6.07) is 9.30. The van der Waals surface area contributed by atoms with Crippen LogP contribution in [0.3, 0.4) is 0 Å². The van der Waals surface area contributed by atoms with Gasteiger partial charge in [0.15, 0.2) is 6.29 Å². The smallest absolute Gasteiger partial charge is 0.196 e. The molecule has 0 bridgehead atoms. The van der Waals surface area contributed by atoms with Crippen LogP contribution in [0.5, 0.6) is 0 Å². The zero-order valence-corrected chi connectivity index (χ0v) is 6.88. The van der Waals surface area contributed by atoms with Gasteiger partial charge in [-0.15, -0.1) is 0 Å². The van der Waals surface area contributed by atoms with Crippen LogP contribution in [-0.4, -0.2) is 15.2 Å². The number of aliphatic hydroxyl groups excluding tert-OH is 1. The molecule has 3 nitrogen and oxygen atoms in total. The molecular formula is C10H9NO2. The van der Waals surface area contributed by atoms with Gasteiger partial charge in [-0.2, -0.15) is 0 Å². The van der Waals surface area contributed by atoms with E-state index in [1.807, 2.05) is 30.3 Å². The molecule has 0 fully saturated rings. The van der Waals surface area contributed by atoms with E-state index in [1.54, 1.807) is 6.20 Å². The number of aliphatic hydroxyl groups is 2.